The van der Waals surface area contributed by atoms with E-state index in [-0.39, 0.29) is 30.3 Å². The maximum atomic E-state index is 12.5. The average Bonchev–Trinajstić information content (AvgIpc) is 2.46. The van der Waals surface area contributed by atoms with Gasteiger partial charge in [0.25, 0.3) is 11.6 Å². The number of nitrogens with one attached hydrogen (secondary N) is 1. The number of rotatable bonds is 6. The summed E-state index contributed by atoms with van der Waals surface area (Å²) in [6, 6.07) is 3.15. The van der Waals surface area contributed by atoms with Gasteiger partial charge < -0.3 is 10.2 Å². The first-order chi connectivity index (χ1) is 9.92. The molecule has 0 aromatic carbocycles. The Bertz CT molecular complexity index is 580. The van der Waals surface area contributed by atoms with Gasteiger partial charge in [-0.1, -0.05) is 0 Å². The van der Waals surface area contributed by atoms with Gasteiger partial charge in [-0.2, -0.15) is 5.26 Å². The van der Waals surface area contributed by atoms with Crippen molar-refractivity contribution in [2.75, 3.05) is 18.9 Å². The fourth-order valence-electron chi connectivity index (χ4n) is 1.82. The second-order valence-electron chi connectivity index (χ2n) is 4.59. The van der Waals surface area contributed by atoms with Gasteiger partial charge in [-0.15, -0.1) is 0 Å². The third-order valence-electron chi connectivity index (χ3n) is 2.91. The van der Waals surface area contributed by atoms with Gasteiger partial charge in [-0.25, -0.2) is 4.98 Å². The molecule has 0 aliphatic rings. The lowest BCUT2D eigenvalue weighted by Crippen LogP contribution is -2.38. The number of carbonyl (C=O) groups excluding carboxylic acids is 1. The first kappa shape index (κ1) is 16.4. The number of amides is 1. The van der Waals surface area contributed by atoms with Crippen molar-refractivity contribution in [3.63, 3.8) is 0 Å². The summed E-state index contributed by atoms with van der Waals surface area (Å²) in [4.78, 5) is 28.2. The molecule has 1 aromatic rings. The van der Waals surface area contributed by atoms with E-state index < -0.39 is 10.8 Å². The van der Waals surface area contributed by atoms with Crippen molar-refractivity contribution in [3.8, 4) is 6.07 Å². The van der Waals surface area contributed by atoms with Crippen LogP contribution in [0.4, 0.5) is 11.5 Å². The van der Waals surface area contributed by atoms with Crippen LogP contribution in [0.15, 0.2) is 12.3 Å². The lowest BCUT2D eigenvalue weighted by atomic mass is 10.1. The van der Waals surface area contributed by atoms with Crippen molar-refractivity contribution < 1.29 is 9.72 Å². The fourth-order valence-corrected chi connectivity index (χ4v) is 1.82. The van der Waals surface area contributed by atoms with Crippen LogP contribution in [0.1, 0.15) is 30.6 Å². The molecule has 0 saturated carbocycles. The molecule has 0 atom stereocenters. The number of nitro groups is 1. The van der Waals surface area contributed by atoms with Gasteiger partial charge in [-0.3, -0.25) is 14.9 Å². The maximum absolute atomic E-state index is 12.5. The van der Waals surface area contributed by atoms with Crippen LogP contribution in [0.2, 0.25) is 0 Å². The molecule has 0 fully saturated rings. The van der Waals surface area contributed by atoms with Gasteiger partial charge >= 0.3 is 0 Å². The zero-order valence-corrected chi connectivity index (χ0v) is 12.2. The van der Waals surface area contributed by atoms with Crippen molar-refractivity contribution in [2.24, 2.45) is 0 Å². The van der Waals surface area contributed by atoms with Crippen LogP contribution >= 0.6 is 0 Å². The number of nitriles is 1. The van der Waals surface area contributed by atoms with Crippen LogP contribution in [0.3, 0.4) is 0 Å². The Balaban J connectivity index is 3.25. The Morgan fingerprint density at radius 1 is 1.62 bits per heavy atom. The molecule has 8 heteroatoms. The van der Waals surface area contributed by atoms with Crippen LogP contribution < -0.4 is 5.32 Å². The highest BCUT2D eigenvalue weighted by molar-refractivity contribution is 5.98. The van der Waals surface area contributed by atoms with Gasteiger partial charge in [0.15, 0.2) is 0 Å². The summed E-state index contributed by atoms with van der Waals surface area (Å²) >= 11 is 0. The number of aromatic nitrogens is 1. The number of anilines is 1. The topological polar surface area (TPSA) is 112 Å². The Morgan fingerprint density at radius 3 is 2.76 bits per heavy atom. The quantitative estimate of drug-likeness (QED) is 0.631. The van der Waals surface area contributed by atoms with E-state index in [0.29, 0.717) is 5.82 Å². The second-order valence-corrected chi connectivity index (χ2v) is 4.59. The van der Waals surface area contributed by atoms with E-state index in [1.165, 1.54) is 11.0 Å². The molecular formula is C13H17N5O3. The van der Waals surface area contributed by atoms with Crippen LogP contribution in [0.25, 0.3) is 0 Å². The molecule has 112 valence electrons. The van der Waals surface area contributed by atoms with E-state index in [9.17, 15) is 14.9 Å². The zero-order valence-electron chi connectivity index (χ0n) is 12.2. The highest BCUT2D eigenvalue weighted by Gasteiger charge is 2.27. The van der Waals surface area contributed by atoms with Crippen molar-refractivity contribution >= 4 is 17.4 Å². The summed E-state index contributed by atoms with van der Waals surface area (Å²) in [6.45, 7) is 3.81. The number of hydrogen-bond donors (Lipinski definition) is 1. The van der Waals surface area contributed by atoms with E-state index in [1.807, 2.05) is 6.07 Å². The van der Waals surface area contributed by atoms with Gasteiger partial charge in [-0.05, 0) is 13.8 Å². The van der Waals surface area contributed by atoms with Crippen LogP contribution in [0.5, 0.6) is 0 Å². The number of nitrogens with zero attached hydrogens (tertiary/aromatic N) is 4. The highest BCUT2D eigenvalue weighted by Crippen LogP contribution is 2.22. The highest BCUT2D eigenvalue weighted by atomic mass is 16.6. The summed E-state index contributed by atoms with van der Waals surface area (Å²) < 4.78 is 0. The van der Waals surface area contributed by atoms with Crippen molar-refractivity contribution in [2.45, 2.75) is 26.3 Å². The van der Waals surface area contributed by atoms with Crippen LogP contribution in [0, 0.1) is 21.4 Å². The summed E-state index contributed by atoms with van der Waals surface area (Å²) in [6.07, 6.45) is 1.23. The summed E-state index contributed by atoms with van der Waals surface area (Å²) in [5.74, 6) is -0.112. The third-order valence-corrected chi connectivity index (χ3v) is 2.91. The molecule has 1 N–H and O–H groups in total. The second kappa shape index (κ2) is 7.19. The Kier molecular flexibility index (Phi) is 5.60. The minimum atomic E-state index is -0.636. The summed E-state index contributed by atoms with van der Waals surface area (Å²) in [5, 5.41) is 22.5. The smallest absolute Gasteiger partial charge is 0.300 e. The normalized spacial score (nSPS) is 10.0. The lowest BCUT2D eigenvalue weighted by Gasteiger charge is -2.25. The molecule has 1 aromatic heterocycles. The van der Waals surface area contributed by atoms with E-state index in [2.05, 4.69) is 10.3 Å². The molecule has 21 heavy (non-hydrogen) atoms. The molecule has 0 radical (unpaired) electrons. The van der Waals surface area contributed by atoms with Crippen molar-refractivity contribution in [3.05, 3.63) is 27.9 Å². The minimum absolute atomic E-state index is 0.0361. The first-order valence-corrected chi connectivity index (χ1v) is 6.42. The first-order valence-electron chi connectivity index (χ1n) is 6.42. The van der Waals surface area contributed by atoms with E-state index in [0.717, 1.165) is 6.20 Å². The summed E-state index contributed by atoms with van der Waals surface area (Å²) in [5.41, 5.74) is -0.382. The molecule has 0 unspecified atom stereocenters. The molecule has 0 bridgehead atoms. The molecule has 8 nitrogen and oxygen atoms in total. The lowest BCUT2D eigenvalue weighted by molar-refractivity contribution is -0.385. The predicted molar refractivity (Wildman–Crippen MR) is 76.8 cm³/mol. The van der Waals surface area contributed by atoms with Gasteiger partial charge in [0.1, 0.15) is 17.6 Å². The number of pyridine rings is 1. The van der Waals surface area contributed by atoms with E-state index in [4.69, 9.17) is 5.26 Å². The zero-order chi connectivity index (χ0) is 16.0. The fraction of sp³-hybridized carbons (Fsp3) is 0.462. The Hall–Kier alpha value is -2.69. The van der Waals surface area contributed by atoms with E-state index in [1.54, 1.807) is 20.9 Å². The Morgan fingerprint density at radius 2 is 2.29 bits per heavy atom. The van der Waals surface area contributed by atoms with Crippen molar-refractivity contribution in [1.29, 1.82) is 5.26 Å². The van der Waals surface area contributed by atoms with Gasteiger partial charge in [0.2, 0.25) is 0 Å². The molecule has 1 rings (SSSR count). The Labute approximate surface area is 122 Å². The standard InChI is InChI=1S/C13H17N5O3/c1-9(2)17(6-4-5-14)13(19)10-7-12(15-3)16-8-11(10)18(20)21/h7-9H,4,6H2,1-3H3,(H,15,16). The molecule has 0 saturated heterocycles. The molecule has 0 spiro atoms. The van der Waals surface area contributed by atoms with Gasteiger partial charge in [0, 0.05) is 25.7 Å². The van der Waals surface area contributed by atoms with E-state index >= 15 is 0 Å². The summed E-state index contributed by atoms with van der Waals surface area (Å²) in [7, 11) is 1.61. The van der Waals surface area contributed by atoms with Crippen LogP contribution in [-0.2, 0) is 0 Å². The maximum Gasteiger partial charge on any atom is 0.300 e. The van der Waals surface area contributed by atoms with Gasteiger partial charge in [0.05, 0.1) is 17.4 Å². The molecule has 0 aliphatic heterocycles. The SMILES string of the molecule is CNc1cc(C(=O)N(CCC#N)C(C)C)c([N+](=O)[O-])cn1. The molecular weight excluding hydrogens is 274 g/mol. The third kappa shape index (κ3) is 3.89. The molecule has 0 aliphatic carbocycles. The average molecular weight is 291 g/mol. The van der Waals surface area contributed by atoms with Crippen molar-refractivity contribution in [1.82, 2.24) is 9.88 Å². The molecule has 1 heterocycles. The minimum Gasteiger partial charge on any atom is -0.373 e. The number of carbonyl (C=O) groups is 1. The monoisotopic (exact) mass is 291 g/mol. The number of hydrogen-bond acceptors (Lipinski definition) is 6. The largest absolute Gasteiger partial charge is 0.373 e. The predicted octanol–water partition coefficient (Wildman–Crippen LogP) is 1.80. The molecule has 1 amide bonds. The van der Waals surface area contributed by atoms with Crippen LogP contribution in [-0.4, -0.2) is 40.3 Å².